The number of pyridine rings is 1. The molecule has 2 N–H and O–H groups in total. The van der Waals surface area contributed by atoms with Gasteiger partial charge < -0.3 is 19.8 Å². The second kappa shape index (κ2) is 6.77. The summed E-state index contributed by atoms with van der Waals surface area (Å²) >= 11 is 5.80. The Bertz CT molecular complexity index is 849. The second-order valence-electron chi connectivity index (χ2n) is 5.82. The molecule has 0 radical (unpaired) electrons. The van der Waals surface area contributed by atoms with Crippen molar-refractivity contribution in [1.29, 1.82) is 0 Å². The van der Waals surface area contributed by atoms with Crippen molar-refractivity contribution >= 4 is 17.3 Å². The van der Waals surface area contributed by atoms with Crippen molar-refractivity contribution in [3.63, 3.8) is 0 Å². The van der Waals surface area contributed by atoms with Gasteiger partial charge in [0.2, 0.25) is 6.23 Å². The van der Waals surface area contributed by atoms with Gasteiger partial charge in [0.15, 0.2) is 11.9 Å². The fraction of sp³-hybridized carbons (Fsp3) is 0.312. The highest BCUT2D eigenvalue weighted by molar-refractivity contribution is 6.30. The Hall–Kier alpha value is -2.17. The third-order valence-corrected chi connectivity index (χ3v) is 4.09. The lowest BCUT2D eigenvalue weighted by atomic mass is 10.0. The Labute approximate surface area is 154 Å². The molecule has 2 heterocycles. The van der Waals surface area contributed by atoms with Gasteiger partial charge in [-0.05, 0) is 17.7 Å². The summed E-state index contributed by atoms with van der Waals surface area (Å²) < 4.78 is 71.3. The van der Waals surface area contributed by atoms with E-state index in [1.165, 1.54) is 24.5 Å². The highest BCUT2D eigenvalue weighted by Crippen LogP contribution is 2.48. The largest absolute Gasteiger partial charge is 0.444 e. The first kappa shape index (κ1) is 19.6. The predicted molar refractivity (Wildman–Crippen MR) is 84.5 cm³/mol. The summed E-state index contributed by atoms with van der Waals surface area (Å²) in [4.78, 5) is 4.55. The molecule has 146 valence electrons. The summed E-state index contributed by atoms with van der Waals surface area (Å²) in [5.41, 5.74) is -0.804. The van der Waals surface area contributed by atoms with Crippen LogP contribution in [0.3, 0.4) is 0 Å². The van der Waals surface area contributed by atoms with E-state index in [9.17, 15) is 32.2 Å². The number of benzene rings is 1. The maximum atomic E-state index is 14.1. The Balaban J connectivity index is 2.09. The zero-order valence-corrected chi connectivity index (χ0v) is 14.0. The van der Waals surface area contributed by atoms with Crippen LogP contribution in [0.15, 0.2) is 36.7 Å². The molecule has 1 aromatic carbocycles. The van der Waals surface area contributed by atoms with E-state index in [0.717, 1.165) is 17.0 Å². The monoisotopic (exact) mass is 410 g/mol. The van der Waals surface area contributed by atoms with E-state index in [1.54, 1.807) is 0 Å². The first-order valence-corrected chi connectivity index (χ1v) is 7.87. The summed E-state index contributed by atoms with van der Waals surface area (Å²) in [5, 5.41) is 19.7. The molecule has 0 amide bonds. The van der Waals surface area contributed by atoms with E-state index in [-0.39, 0.29) is 17.3 Å². The zero-order chi connectivity index (χ0) is 20.0. The number of halogens is 6. The molecule has 0 bridgehead atoms. The number of hydrogen-bond acceptors (Lipinski definition) is 5. The lowest BCUT2D eigenvalue weighted by Gasteiger charge is -2.40. The summed E-state index contributed by atoms with van der Waals surface area (Å²) in [6, 6.07) is 4.55. The first-order chi connectivity index (χ1) is 12.5. The molecule has 0 spiro atoms. The standard InChI is InChI=1S/C16H12ClF5N2O3/c17-9-4-8(5-23-6-9)7-24-11-3-1-2-10(13(25)15(18,19)20)12(11)27-16(21,22)14(24)26/h1-6,13-14,25-26H,7H2. The van der Waals surface area contributed by atoms with Crippen LogP contribution in [0.5, 0.6) is 5.75 Å². The fourth-order valence-corrected chi connectivity index (χ4v) is 2.88. The fourth-order valence-electron chi connectivity index (χ4n) is 2.68. The third kappa shape index (κ3) is 3.78. The number of alkyl halides is 5. The number of hydrogen-bond donors (Lipinski definition) is 2. The van der Waals surface area contributed by atoms with Crippen LogP contribution in [0.25, 0.3) is 0 Å². The maximum Gasteiger partial charge on any atom is 0.444 e. The van der Waals surface area contributed by atoms with E-state index in [2.05, 4.69) is 9.72 Å². The minimum absolute atomic E-state index is 0.212. The zero-order valence-electron chi connectivity index (χ0n) is 13.3. The number of aliphatic hydroxyl groups is 2. The molecule has 3 rings (SSSR count). The van der Waals surface area contributed by atoms with E-state index in [0.29, 0.717) is 5.56 Å². The van der Waals surface area contributed by atoms with Crippen LogP contribution in [0.4, 0.5) is 27.6 Å². The Morgan fingerprint density at radius 1 is 1.30 bits per heavy atom. The summed E-state index contributed by atoms with van der Waals surface area (Å²) in [6.45, 7) is -0.341. The first-order valence-electron chi connectivity index (χ1n) is 7.49. The SMILES string of the molecule is OC(c1cccc2c1OC(F)(F)C(O)N2Cc1cncc(Cl)c1)C(F)(F)F. The topological polar surface area (TPSA) is 65.8 Å². The van der Waals surface area contributed by atoms with Crippen molar-refractivity contribution in [3.05, 3.63) is 52.8 Å². The highest BCUT2D eigenvalue weighted by atomic mass is 35.5. The molecular weight excluding hydrogens is 399 g/mol. The van der Waals surface area contributed by atoms with E-state index >= 15 is 0 Å². The quantitative estimate of drug-likeness (QED) is 0.756. The molecule has 0 fully saturated rings. The van der Waals surface area contributed by atoms with Gasteiger partial charge in [-0.25, -0.2) is 0 Å². The average molecular weight is 411 g/mol. The minimum atomic E-state index is -5.09. The Morgan fingerprint density at radius 2 is 2.00 bits per heavy atom. The number of para-hydroxylation sites is 1. The number of aromatic nitrogens is 1. The number of rotatable bonds is 3. The number of fused-ring (bicyclic) bond motifs is 1. The van der Waals surface area contributed by atoms with Gasteiger partial charge in [-0.3, -0.25) is 4.98 Å². The molecular formula is C16H12ClF5N2O3. The third-order valence-electron chi connectivity index (χ3n) is 3.89. The summed E-state index contributed by atoms with van der Waals surface area (Å²) in [7, 11) is 0. The van der Waals surface area contributed by atoms with Crippen LogP contribution in [-0.4, -0.2) is 33.7 Å². The second-order valence-corrected chi connectivity index (χ2v) is 6.25. The molecule has 1 aliphatic heterocycles. The predicted octanol–water partition coefficient (Wildman–Crippen LogP) is 3.64. The van der Waals surface area contributed by atoms with Crippen LogP contribution < -0.4 is 9.64 Å². The van der Waals surface area contributed by atoms with Gasteiger partial charge in [0.1, 0.15) is 0 Å². The average Bonchev–Trinajstić information content (AvgIpc) is 2.57. The van der Waals surface area contributed by atoms with Gasteiger partial charge in [-0.2, -0.15) is 22.0 Å². The van der Waals surface area contributed by atoms with Gasteiger partial charge in [-0.15, -0.1) is 0 Å². The lowest BCUT2D eigenvalue weighted by Crippen LogP contribution is -2.54. The van der Waals surface area contributed by atoms with Gasteiger partial charge in [0.25, 0.3) is 0 Å². The minimum Gasteiger partial charge on any atom is -0.427 e. The van der Waals surface area contributed by atoms with Crippen LogP contribution in [-0.2, 0) is 6.54 Å². The Kier molecular flexibility index (Phi) is 4.91. The molecule has 5 nitrogen and oxygen atoms in total. The molecule has 2 atom stereocenters. The highest BCUT2D eigenvalue weighted by Gasteiger charge is 2.52. The van der Waals surface area contributed by atoms with E-state index in [4.69, 9.17) is 11.6 Å². The van der Waals surface area contributed by atoms with Crippen LogP contribution in [0, 0.1) is 0 Å². The molecule has 1 aromatic heterocycles. The molecule has 1 aliphatic rings. The normalized spacial score (nSPS) is 20.0. The molecule has 27 heavy (non-hydrogen) atoms. The van der Waals surface area contributed by atoms with Crippen molar-refractivity contribution in [3.8, 4) is 5.75 Å². The van der Waals surface area contributed by atoms with Gasteiger partial charge in [-0.1, -0.05) is 23.7 Å². The molecule has 0 aliphatic carbocycles. The number of anilines is 1. The number of ether oxygens (including phenoxy) is 1. The number of aliphatic hydroxyl groups excluding tert-OH is 2. The van der Waals surface area contributed by atoms with Crippen LogP contribution in [0.1, 0.15) is 17.2 Å². The van der Waals surface area contributed by atoms with Crippen molar-refractivity contribution < 1.29 is 36.9 Å². The van der Waals surface area contributed by atoms with Gasteiger partial charge >= 0.3 is 12.3 Å². The maximum absolute atomic E-state index is 14.1. The van der Waals surface area contributed by atoms with Crippen LogP contribution in [0.2, 0.25) is 5.02 Å². The van der Waals surface area contributed by atoms with E-state index < -0.39 is 35.9 Å². The molecule has 0 saturated carbocycles. The Morgan fingerprint density at radius 3 is 2.63 bits per heavy atom. The molecule has 0 saturated heterocycles. The molecule has 2 unspecified atom stereocenters. The van der Waals surface area contributed by atoms with Gasteiger partial charge in [0.05, 0.1) is 10.7 Å². The molecule has 2 aromatic rings. The summed E-state index contributed by atoms with van der Waals surface area (Å²) in [6.07, 6.45) is -12.2. The van der Waals surface area contributed by atoms with Crippen molar-refractivity contribution in [2.24, 2.45) is 0 Å². The van der Waals surface area contributed by atoms with Crippen LogP contribution >= 0.6 is 11.6 Å². The molecule has 11 heteroatoms. The number of nitrogens with zero attached hydrogens (tertiary/aromatic N) is 2. The van der Waals surface area contributed by atoms with Crippen molar-refractivity contribution in [2.75, 3.05) is 4.90 Å². The van der Waals surface area contributed by atoms with Gasteiger partial charge in [0, 0.05) is 24.5 Å². The lowest BCUT2D eigenvalue weighted by molar-refractivity contribution is -0.248. The van der Waals surface area contributed by atoms with E-state index in [1.807, 2.05) is 0 Å². The summed E-state index contributed by atoms with van der Waals surface area (Å²) in [5.74, 6) is -0.868. The van der Waals surface area contributed by atoms with Crippen molar-refractivity contribution in [2.45, 2.75) is 31.2 Å². The van der Waals surface area contributed by atoms with Crippen molar-refractivity contribution in [1.82, 2.24) is 4.98 Å². The smallest absolute Gasteiger partial charge is 0.427 e.